The minimum absolute atomic E-state index is 0.150. The number of likely N-dealkylation sites (tertiary alicyclic amines) is 1. The number of piperidine rings is 1. The summed E-state index contributed by atoms with van der Waals surface area (Å²) in [7, 11) is 0. The number of benzene rings is 1. The Morgan fingerprint density at radius 3 is 2.77 bits per heavy atom. The molecule has 1 aromatic carbocycles. The van der Waals surface area contributed by atoms with Crippen molar-refractivity contribution < 1.29 is 9.59 Å². The van der Waals surface area contributed by atoms with Gasteiger partial charge in [-0.1, -0.05) is 24.3 Å². The Labute approximate surface area is 131 Å². The van der Waals surface area contributed by atoms with E-state index in [1.807, 2.05) is 6.92 Å². The van der Waals surface area contributed by atoms with Crippen LogP contribution in [-0.2, 0) is 11.3 Å². The SMILES string of the molecule is Cc1ccccc1CN1CCC[C@@H]([C@]2(C)NC(=O)NC2=O)C1. The van der Waals surface area contributed by atoms with Crippen LogP contribution in [0.15, 0.2) is 24.3 Å². The van der Waals surface area contributed by atoms with E-state index in [4.69, 9.17) is 0 Å². The quantitative estimate of drug-likeness (QED) is 0.837. The van der Waals surface area contributed by atoms with Gasteiger partial charge in [-0.05, 0) is 44.4 Å². The van der Waals surface area contributed by atoms with E-state index in [1.165, 1.54) is 11.1 Å². The molecule has 5 heteroatoms. The largest absolute Gasteiger partial charge is 0.323 e. The number of carbonyl (C=O) groups excluding carboxylic acids is 2. The zero-order valence-corrected chi connectivity index (χ0v) is 13.2. The molecule has 0 spiro atoms. The summed E-state index contributed by atoms with van der Waals surface area (Å²) >= 11 is 0. The van der Waals surface area contributed by atoms with Crippen LogP contribution in [0.1, 0.15) is 30.9 Å². The van der Waals surface area contributed by atoms with Gasteiger partial charge in [0.25, 0.3) is 5.91 Å². The van der Waals surface area contributed by atoms with Crippen LogP contribution in [0.2, 0.25) is 0 Å². The van der Waals surface area contributed by atoms with Gasteiger partial charge in [0.1, 0.15) is 5.54 Å². The van der Waals surface area contributed by atoms with Gasteiger partial charge in [0.2, 0.25) is 0 Å². The molecule has 3 amide bonds. The molecule has 0 aliphatic carbocycles. The Morgan fingerprint density at radius 1 is 1.32 bits per heavy atom. The van der Waals surface area contributed by atoms with E-state index in [9.17, 15) is 9.59 Å². The van der Waals surface area contributed by atoms with Crippen LogP contribution in [0, 0.1) is 12.8 Å². The highest BCUT2D eigenvalue weighted by Crippen LogP contribution is 2.30. The third kappa shape index (κ3) is 2.73. The maximum atomic E-state index is 12.1. The van der Waals surface area contributed by atoms with Crippen LogP contribution in [0.25, 0.3) is 0 Å². The molecule has 0 aromatic heterocycles. The second-order valence-corrected chi connectivity index (χ2v) is 6.61. The lowest BCUT2D eigenvalue weighted by atomic mass is 9.80. The van der Waals surface area contributed by atoms with Crippen molar-refractivity contribution in [1.29, 1.82) is 0 Å². The first kappa shape index (κ1) is 15.0. The number of rotatable bonds is 3. The number of carbonyl (C=O) groups is 2. The zero-order valence-electron chi connectivity index (χ0n) is 13.2. The van der Waals surface area contributed by atoms with Crippen LogP contribution in [0.3, 0.4) is 0 Å². The van der Waals surface area contributed by atoms with Gasteiger partial charge in [-0.3, -0.25) is 15.0 Å². The molecule has 1 aromatic rings. The van der Waals surface area contributed by atoms with Crippen LogP contribution in [0.5, 0.6) is 0 Å². The van der Waals surface area contributed by atoms with Crippen LogP contribution in [-0.4, -0.2) is 35.5 Å². The van der Waals surface area contributed by atoms with Crippen LogP contribution < -0.4 is 10.6 Å². The highest BCUT2D eigenvalue weighted by Gasteiger charge is 2.48. The molecule has 0 saturated carbocycles. The lowest BCUT2D eigenvalue weighted by Crippen LogP contribution is -2.55. The summed E-state index contributed by atoms with van der Waals surface area (Å²) in [6.07, 6.45) is 2.02. The fourth-order valence-corrected chi connectivity index (χ4v) is 3.54. The van der Waals surface area contributed by atoms with Crippen molar-refractivity contribution in [3.63, 3.8) is 0 Å². The molecule has 2 atom stereocenters. The number of urea groups is 1. The number of nitrogens with zero attached hydrogens (tertiary/aromatic N) is 1. The predicted molar refractivity (Wildman–Crippen MR) is 84.3 cm³/mol. The van der Waals surface area contributed by atoms with Crippen molar-refractivity contribution in [2.75, 3.05) is 13.1 Å². The predicted octanol–water partition coefficient (Wildman–Crippen LogP) is 1.81. The van der Waals surface area contributed by atoms with Crippen molar-refractivity contribution in [3.05, 3.63) is 35.4 Å². The number of hydrogen-bond acceptors (Lipinski definition) is 3. The third-order valence-electron chi connectivity index (χ3n) is 5.05. The third-order valence-corrected chi connectivity index (χ3v) is 5.05. The molecule has 0 unspecified atom stereocenters. The van der Waals surface area contributed by atoms with Crippen LogP contribution in [0.4, 0.5) is 4.79 Å². The van der Waals surface area contributed by atoms with E-state index in [2.05, 4.69) is 46.7 Å². The Morgan fingerprint density at radius 2 is 2.09 bits per heavy atom. The number of imide groups is 1. The molecule has 0 radical (unpaired) electrons. The highest BCUT2D eigenvalue weighted by molar-refractivity contribution is 6.06. The van der Waals surface area contributed by atoms with Gasteiger partial charge in [0, 0.05) is 19.0 Å². The first-order valence-electron chi connectivity index (χ1n) is 7.89. The van der Waals surface area contributed by atoms with Gasteiger partial charge >= 0.3 is 6.03 Å². The van der Waals surface area contributed by atoms with Crippen LogP contribution >= 0.6 is 0 Å². The maximum Gasteiger partial charge on any atom is 0.322 e. The summed E-state index contributed by atoms with van der Waals surface area (Å²) in [5.41, 5.74) is 1.84. The van der Waals surface area contributed by atoms with Crippen molar-refractivity contribution >= 4 is 11.9 Å². The van der Waals surface area contributed by atoms with Gasteiger partial charge in [-0.25, -0.2) is 4.79 Å². The summed E-state index contributed by atoms with van der Waals surface area (Å²) in [5.74, 6) is -0.0445. The highest BCUT2D eigenvalue weighted by atomic mass is 16.2. The summed E-state index contributed by atoms with van der Waals surface area (Å²) < 4.78 is 0. The fraction of sp³-hybridized carbons (Fsp3) is 0.529. The molecule has 0 bridgehead atoms. The molecule has 118 valence electrons. The molecule has 3 rings (SSSR count). The fourth-order valence-electron chi connectivity index (χ4n) is 3.54. The Balaban J connectivity index is 1.71. The molecular formula is C17H23N3O2. The minimum atomic E-state index is -0.776. The summed E-state index contributed by atoms with van der Waals surface area (Å²) in [5, 5.41) is 5.19. The van der Waals surface area contributed by atoms with E-state index < -0.39 is 5.54 Å². The molecule has 2 aliphatic rings. The molecule has 22 heavy (non-hydrogen) atoms. The summed E-state index contributed by atoms with van der Waals surface area (Å²) in [6, 6.07) is 8.03. The molecule has 5 nitrogen and oxygen atoms in total. The zero-order chi connectivity index (χ0) is 15.7. The van der Waals surface area contributed by atoms with E-state index in [1.54, 1.807) is 0 Å². The van der Waals surface area contributed by atoms with Gasteiger partial charge in [0.05, 0.1) is 0 Å². The van der Waals surface area contributed by atoms with Gasteiger partial charge in [0.15, 0.2) is 0 Å². The Bertz CT molecular complexity index is 601. The summed E-state index contributed by atoms with van der Waals surface area (Å²) in [4.78, 5) is 26.0. The number of hydrogen-bond donors (Lipinski definition) is 2. The first-order chi connectivity index (χ1) is 10.5. The Kier molecular flexibility index (Phi) is 3.91. The lowest BCUT2D eigenvalue weighted by molar-refractivity contribution is -0.126. The molecule has 2 heterocycles. The molecule has 2 saturated heterocycles. The topological polar surface area (TPSA) is 61.4 Å². The summed E-state index contributed by atoms with van der Waals surface area (Å²) in [6.45, 7) is 6.74. The van der Waals surface area contributed by atoms with Crippen molar-refractivity contribution in [1.82, 2.24) is 15.5 Å². The second kappa shape index (κ2) is 5.72. The standard InChI is InChI=1S/C17H23N3O2/c1-12-6-3-4-7-13(12)10-20-9-5-8-14(11-20)17(2)15(21)18-16(22)19-17/h3-4,6-7,14H,5,8-11H2,1-2H3,(H2,18,19,21,22)/t14-,17+/m1/s1. The minimum Gasteiger partial charge on any atom is -0.323 e. The Hall–Kier alpha value is -1.88. The molecule has 2 N–H and O–H groups in total. The average molecular weight is 301 g/mol. The monoisotopic (exact) mass is 301 g/mol. The van der Waals surface area contributed by atoms with E-state index in [0.717, 1.165) is 32.5 Å². The molecular weight excluding hydrogens is 278 g/mol. The normalized spacial score (nSPS) is 29.3. The molecule has 2 fully saturated rings. The van der Waals surface area contributed by atoms with Crippen molar-refractivity contribution in [2.45, 2.75) is 38.8 Å². The van der Waals surface area contributed by atoms with E-state index >= 15 is 0 Å². The van der Waals surface area contributed by atoms with Crippen molar-refractivity contribution in [3.8, 4) is 0 Å². The number of nitrogens with one attached hydrogen (secondary N) is 2. The number of amides is 3. The van der Waals surface area contributed by atoms with Gasteiger partial charge in [-0.15, -0.1) is 0 Å². The van der Waals surface area contributed by atoms with Crippen molar-refractivity contribution in [2.24, 2.45) is 5.92 Å². The van der Waals surface area contributed by atoms with E-state index in [0.29, 0.717) is 0 Å². The van der Waals surface area contributed by atoms with Gasteiger partial charge < -0.3 is 5.32 Å². The second-order valence-electron chi connectivity index (χ2n) is 6.61. The first-order valence-corrected chi connectivity index (χ1v) is 7.89. The maximum absolute atomic E-state index is 12.1. The lowest BCUT2D eigenvalue weighted by Gasteiger charge is -2.39. The smallest absolute Gasteiger partial charge is 0.322 e. The van der Waals surface area contributed by atoms with Gasteiger partial charge in [-0.2, -0.15) is 0 Å². The van der Waals surface area contributed by atoms with E-state index in [-0.39, 0.29) is 17.9 Å². The average Bonchev–Trinajstić information content (AvgIpc) is 2.76. The molecule has 2 aliphatic heterocycles. The number of aryl methyl sites for hydroxylation is 1.